The molecule has 0 bridgehead atoms. The van der Waals surface area contributed by atoms with E-state index in [1.807, 2.05) is 24.3 Å². The first-order chi connectivity index (χ1) is 27.7. The van der Waals surface area contributed by atoms with E-state index in [1.165, 1.54) is 0 Å². The molecule has 1 spiro atoms. The van der Waals surface area contributed by atoms with Gasteiger partial charge in [-0.15, -0.1) is 22.7 Å². The maximum atomic E-state index is 15.1. The number of methoxy groups -OCH3 is 2. The lowest BCUT2D eigenvalue weighted by Gasteiger charge is -2.39. The van der Waals surface area contributed by atoms with Crippen molar-refractivity contribution >= 4 is 51.2 Å². The zero-order valence-corrected chi connectivity index (χ0v) is 35.5. The molecule has 0 N–H and O–H groups in total. The lowest BCUT2D eigenvalue weighted by molar-refractivity contribution is -0.142. The first kappa shape index (κ1) is 38.4. The normalized spacial score (nSPS) is 13.9. The monoisotopic (exact) mass is 796 g/mol. The van der Waals surface area contributed by atoms with Crippen LogP contribution in [-0.4, -0.2) is 46.4 Å². The molecule has 0 fully saturated rings. The molecule has 4 heterocycles. The van der Waals surface area contributed by atoms with E-state index < -0.39 is 5.60 Å². The Labute approximate surface area is 343 Å². The third-order valence-electron chi connectivity index (χ3n) is 11.3. The Kier molecular flexibility index (Phi) is 10.4. The standard InChI is InChI=1S/C48H48N2O5S2/c1-9-49(10-2)33-17-23-39-41(25-33)54-42-26-34(50(11-3)12-4)18-24-40(42)48(39)46(38-28-44(57-30(38)6)32-15-21-36(53-8)22-16-32)45(47(51)55-48)37-27-43(56-29(37)5)31-13-19-35(52-7)20-14-31/h13-28H,9-12H2,1-8H3. The molecule has 0 aliphatic carbocycles. The number of carbonyl (C=O) groups excluding carboxylic acids is 1. The van der Waals surface area contributed by atoms with Gasteiger partial charge in [-0.1, -0.05) is 0 Å². The van der Waals surface area contributed by atoms with Crippen LogP contribution in [0.15, 0.2) is 97.1 Å². The number of hydrogen-bond acceptors (Lipinski definition) is 9. The van der Waals surface area contributed by atoms with Crippen molar-refractivity contribution in [3.63, 3.8) is 0 Å². The van der Waals surface area contributed by atoms with Gasteiger partial charge < -0.3 is 28.7 Å². The van der Waals surface area contributed by atoms with Crippen LogP contribution in [0.3, 0.4) is 0 Å². The summed E-state index contributed by atoms with van der Waals surface area (Å²) < 4.78 is 24.9. The quantitative estimate of drug-likeness (QED) is 0.114. The third-order valence-corrected chi connectivity index (χ3v) is 13.5. The van der Waals surface area contributed by atoms with Gasteiger partial charge in [0.25, 0.3) is 0 Å². The number of benzene rings is 4. The molecule has 0 unspecified atom stereocenters. The largest absolute Gasteiger partial charge is 0.497 e. The number of anilines is 2. The number of fused-ring (bicyclic) bond motifs is 4. The number of aryl methyl sites for hydroxylation is 2. The van der Waals surface area contributed by atoms with Crippen LogP contribution in [0.1, 0.15) is 59.7 Å². The zero-order valence-electron chi connectivity index (χ0n) is 33.8. The van der Waals surface area contributed by atoms with Crippen LogP contribution >= 0.6 is 22.7 Å². The average Bonchev–Trinajstić information content (AvgIpc) is 3.90. The molecule has 0 radical (unpaired) electrons. The lowest BCUT2D eigenvalue weighted by atomic mass is 9.73. The molecular weight excluding hydrogens is 749 g/mol. The molecule has 2 aliphatic heterocycles. The van der Waals surface area contributed by atoms with E-state index in [1.54, 1.807) is 36.9 Å². The number of carbonyl (C=O) groups is 1. The number of thiophene rings is 2. The van der Waals surface area contributed by atoms with Crippen molar-refractivity contribution in [1.82, 2.24) is 0 Å². The van der Waals surface area contributed by atoms with Gasteiger partial charge >= 0.3 is 5.97 Å². The molecule has 0 amide bonds. The Balaban J connectivity index is 1.43. The molecule has 292 valence electrons. The maximum Gasteiger partial charge on any atom is 0.340 e. The molecular formula is C48H48N2O5S2. The van der Waals surface area contributed by atoms with Crippen molar-refractivity contribution in [3.8, 4) is 43.9 Å². The van der Waals surface area contributed by atoms with Gasteiger partial charge in [0.1, 0.15) is 23.0 Å². The molecule has 2 aromatic heterocycles. The Morgan fingerprint density at radius 2 is 1.04 bits per heavy atom. The van der Waals surface area contributed by atoms with Crippen molar-refractivity contribution in [2.45, 2.75) is 47.1 Å². The molecule has 0 atom stereocenters. The van der Waals surface area contributed by atoms with Crippen LogP contribution < -0.4 is 24.0 Å². The van der Waals surface area contributed by atoms with Crippen LogP contribution in [0.25, 0.3) is 32.0 Å². The Bertz CT molecular complexity index is 2430. The summed E-state index contributed by atoms with van der Waals surface area (Å²) in [6.45, 7) is 16.3. The fourth-order valence-corrected chi connectivity index (χ4v) is 10.4. The average molecular weight is 797 g/mol. The summed E-state index contributed by atoms with van der Waals surface area (Å²) in [5.74, 6) is 2.60. The molecule has 0 saturated heterocycles. The van der Waals surface area contributed by atoms with Gasteiger partial charge in [-0.05, 0) is 143 Å². The summed E-state index contributed by atoms with van der Waals surface area (Å²) in [5, 5.41) is 0. The highest BCUT2D eigenvalue weighted by Gasteiger charge is 2.56. The minimum Gasteiger partial charge on any atom is -0.497 e. The predicted octanol–water partition coefficient (Wildman–Crippen LogP) is 12.0. The van der Waals surface area contributed by atoms with E-state index in [2.05, 4.69) is 124 Å². The first-order valence-corrected chi connectivity index (χ1v) is 21.3. The van der Waals surface area contributed by atoms with Gasteiger partial charge in [0.2, 0.25) is 0 Å². The highest BCUT2D eigenvalue weighted by atomic mass is 32.1. The summed E-state index contributed by atoms with van der Waals surface area (Å²) in [4.78, 5) is 24.0. The van der Waals surface area contributed by atoms with E-state index in [-0.39, 0.29) is 5.97 Å². The van der Waals surface area contributed by atoms with E-state index in [0.29, 0.717) is 17.1 Å². The van der Waals surface area contributed by atoms with Crippen LogP contribution in [0.2, 0.25) is 0 Å². The van der Waals surface area contributed by atoms with Crippen molar-refractivity contribution in [3.05, 3.63) is 129 Å². The number of esters is 1. The molecule has 8 rings (SSSR count). The number of rotatable bonds is 12. The van der Waals surface area contributed by atoms with Gasteiger partial charge in [0, 0.05) is 91.5 Å². The maximum absolute atomic E-state index is 15.1. The molecule has 0 saturated carbocycles. The van der Waals surface area contributed by atoms with Gasteiger partial charge in [0.15, 0.2) is 5.60 Å². The van der Waals surface area contributed by atoms with Gasteiger partial charge in [-0.25, -0.2) is 4.79 Å². The van der Waals surface area contributed by atoms with Crippen molar-refractivity contribution in [2.24, 2.45) is 0 Å². The predicted molar refractivity (Wildman–Crippen MR) is 236 cm³/mol. The molecule has 2 aliphatic rings. The smallest absolute Gasteiger partial charge is 0.340 e. The van der Waals surface area contributed by atoms with E-state index in [4.69, 9.17) is 18.9 Å². The highest BCUT2D eigenvalue weighted by molar-refractivity contribution is 7.16. The van der Waals surface area contributed by atoms with Crippen LogP contribution in [0.4, 0.5) is 11.4 Å². The summed E-state index contributed by atoms with van der Waals surface area (Å²) in [6, 6.07) is 33.3. The van der Waals surface area contributed by atoms with Crippen molar-refractivity contribution in [1.29, 1.82) is 0 Å². The minimum atomic E-state index is -1.30. The van der Waals surface area contributed by atoms with Gasteiger partial charge in [0.05, 0.1) is 19.8 Å². The van der Waals surface area contributed by atoms with E-state index in [9.17, 15) is 0 Å². The minimum absolute atomic E-state index is 0.358. The van der Waals surface area contributed by atoms with Gasteiger partial charge in [-0.3, -0.25) is 0 Å². The summed E-state index contributed by atoms with van der Waals surface area (Å²) in [7, 11) is 3.35. The van der Waals surface area contributed by atoms with E-state index in [0.717, 1.165) is 108 Å². The molecule has 4 aromatic carbocycles. The summed E-state index contributed by atoms with van der Waals surface area (Å²) in [6.07, 6.45) is 0. The van der Waals surface area contributed by atoms with Crippen LogP contribution in [0.5, 0.6) is 23.0 Å². The molecule has 57 heavy (non-hydrogen) atoms. The number of nitrogens with zero attached hydrogens (tertiary/aromatic N) is 2. The second-order valence-corrected chi connectivity index (χ2v) is 16.8. The number of hydrogen-bond donors (Lipinski definition) is 0. The fourth-order valence-electron chi connectivity index (χ4n) is 8.33. The molecule has 9 heteroatoms. The van der Waals surface area contributed by atoms with Crippen molar-refractivity contribution in [2.75, 3.05) is 50.2 Å². The third kappa shape index (κ3) is 6.47. The second kappa shape index (κ2) is 15.4. The van der Waals surface area contributed by atoms with Crippen molar-refractivity contribution < 1.29 is 23.7 Å². The van der Waals surface area contributed by atoms with Crippen LogP contribution in [-0.2, 0) is 15.1 Å². The molecule has 7 nitrogen and oxygen atoms in total. The van der Waals surface area contributed by atoms with Crippen LogP contribution in [0, 0.1) is 13.8 Å². The number of ether oxygens (including phenoxy) is 4. The zero-order chi connectivity index (χ0) is 40.0. The van der Waals surface area contributed by atoms with E-state index >= 15 is 4.79 Å². The fraction of sp³-hybridized carbons (Fsp3) is 0.271. The lowest BCUT2D eigenvalue weighted by Crippen LogP contribution is -2.34. The summed E-state index contributed by atoms with van der Waals surface area (Å²) in [5.41, 5.74) is 7.81. The molecule has 6 aromatic rings. The second-order valence-electron chi connectivity index (χ2n) is 14.2. The highest BCUT2D eigenvalue weighted by Crippen LogP contribution is 2.62. The SMILES string of the molecule is CCN(CC)c1ccc2c(c1)Oc1cc(N(CC)CC)ccc1C21OC(=O)C(c2cc(-c3ccc(OC)cc3)sc2C)=C1c1cc(-c2ccc(OC)cc2)sc1C. The Hall–Kier alpha value is -5.51. The first-order valence-electron chi connectivity index (χ1n) is 19.6. The van der Waals surface area contributed by atoms with Gasteiger partial charge in [-0.2, -0.15) is 0 Å². The summed E-state index contributed by atoms with van der Waals surface area (Å²) >= 11 is 3.39. The Morgan fingerprint density at radius 1 is 0.596 bits per heavy atom. The topological polar surface area (TPSA) is 60.5 Å². The Morgan fingerprint density at radius 3 is 1.47 bits per heavy atom.